The topological polar surface area (TPSA) is 107 Å². The summed E-state index contributed by atoms with van der Waals surface area (Å²) in [5.41, 5.74) is 1.64. The number of anilines is 1. The van der Waals surface area contributed by atoms with Crippen molar-refractivity contribution in [3.63, 3.8) is 0 Å². The van der Waals surface area contributed by atoms with Gasteiger partial charge in [-0.05, 0) is 48.9 Å². The highest BCUT2D eigenvalue weighted by Crippen LogP contribution is 2.36. The monoisotopic (exact) mass is 471 g/mol. The predicted octanol–water partition coefficient (Wildman–Crippen LogP) is 5.42. The van der Waals surface area contributed by atoms with Gasteiger partial charge in [-0.2, -0.15) is 0 Å². The van der Waals surface area contributed by atoms with Gasteiger partial charge in [-0.3, -0.25) is 14.9 Å². The van der Waals surface area contributed by atoms with Crippen molar-refractivity contribution >= 4 is 46.7 Å². The molecule has 1 aliphatic heterocycles. The van der Waals surface area contributed by atoms with E-state index in [2.05, 4.69) is 10.6 Å². The smallest absolute Gasteiger partial charge is 0.284 e. The third-order valence-electron chi connectivity index (χ3n) is 4.78. The molecule has 32 heavy (non-hydrogen) atoms. The summed E-state index contributed by atoms with van der Waals surface area (Å²) in [7, 11) is 1.44. The lowest BCUT2D eigenvalue weighted by atomic mass is 10.1. The van der Waals surface area contributed by atoms with E-state index in [1.54, 1.807) is 42.5 Å². The Kier molecular flexibility index (Phi) is 6.11. The molecule has 1 aliphatic rings. The number of thioether (sulfide) groups is 1. The van der Waals surface area contributed by atoms with E-state index < -0.39 is 4.92 Å². The van der Waals surface area contributed by atoms with E-state index in [1.165, 1.54) is 24.9 Å². The quantitative estimate of drug-likeness (QED) is 0.280. The fraction of sp³-hybridized carbons (Fsp3) is 0.136. The minimum Gasteiger partial charge on any atom is -0.497 e. The molecule has 0 saturated carbocycles. The summed E-state index contributed by atoms with van der Waals surface area (Å²) in [6, 6.07) is 13.3. The van der Waals surface area contributed by atoms with Crippen LogP contribution < -0.4 is 15.4 Å². The van der Waals surface area contributed by atoms with Crippen LogP contribution in [0.2, 0.25) is 5.02 Å². The summed E-state index contributed by atoms with van der Waals surface area (Å²) < 4.78 is 10.8. The second-order valence-corrected chi connectivity index (χ2v) is 8.51. The van der Waals surface area contributed by atoms with Crippen molar-refractivity contribution < 1.29 is 18.9 Å². The Balaban J connectivity index is 1.54. The summed E-state index contributed by atoms with van der Waals surface area (Å²) in [6.07, 6.45) is 1.60. The van der Waals surface area contributed by atoms with E-state index >= 15 is 0 Å². The van der Waals surface area contributed by atoms with Gasteiger partial charge in [0.2, 0.25) is 0 Å². The highest BCUT2D eigenvalue weighted by atomic mass is 35.5. The molecule has 1 amide bonds. The largest absolute Gasteiger partial charge is 0.497 e. The number of furan rings is 1. The second-order valence-electron chi connectivity index (χ2n) is 6.93. The van der Waals surface area contributed by atoms with Gasteiger partial charge in [0, 0.05) is 16.8 Å². The summed E-state index contributed by atoms with van der Waals surface area (Å²) in [5.74, 6) is 0.851. The van der Waals surface area contributed by atoms with E-state index in [0.717, 1.165) is 11.3 Å². The normalized spacial score (nSPS) is 16.8. The Morgan fingerprint density at radius 3 is 2.81 bits per heavy atom. The zero-order chi connectivity index (χ0) is 22.8. The fourth-order valence-corrected chi connectivity index (χ4v) is 4.29. The first-order chi connectivity index (χ1) is 15.3. The van der Waals surface area contributed by atoms with Gasteiger partial charge >= 0.3 is 0 Å². The summed E-state index contributed by atoms with van der Waals surface area (Å²) in [4.78, 5) is 23.8. The minimum atomic E-state index is -0.493. The van der Waals surface area contributed by atoms with E-state index in [9.17, 15) is 14.9 Å². The van der Waals surface area contributed by atoms with E-state index in [0.29, 0.717) is 32.8 Å². The van der Waals surface area contributed by atoms with Crippen LogP contribution in [0.1, 0.15) is 11.3 Å². The maximum absolute atomic E-state index is 12.4. The van der Waals surface area contributed by atoms with Crippen LogP contribution in [-0.2, 0) is 4.79 Å². The van der Waals surface area contributed by atoms with Crippen molar-refractivity contribution in [2.45, 2.75) is 12.4 Å². The van der Waals surface area contributed by atoms with Crippen molar-refractivity contribution in [3.8, 4) is 17.1 Å². The van der Waals surface area contributed by atoms with Crippen LogP contribution in [0.3, 0.4) is 0 Å². The van der Waals surface area contributed by atoms with Crippen molar-refractivity contribution in [2.24, 2.45) is 0 Å². The molecule has 0 bridgehead atoms. The Labute approximate surface area is 192 Å². The first kappa shape index (κ1) is 21.8. The summed E-state index contributed by atoms with van der Waals surface area (Å²) in [6.45, 7) is 1.94. The van der Waals surface area contributed by atoms with Crippen LogP contribution in [0.25, 0.3) is 17.4 Å². The van der Waals surface area contributed by atoms with E-state index in [1.807, 2.05) is 13.0 Å². The number of methoxy groups -OCH3 is 1. The number of hydrogen-bond acceptors (Lipinski definition) is 7. The molecule has 0 radical (unpaired) electrons. The average molecular weight is 472 g/mol. The standard InChI is InChI=1S/C22H18ClN3O5S/c1-12-3-4-13(23)9-17(12)24-22-25-21(27)20(32-22)11-15-6-8-19(31-15)16-7-5-14(30-2)10-18(16)26(28)29/h3-11,22,24H,1-2H3,(H,25,27)/b20-11-. The Bertz CT molecular complexity index is 1240. The number of nitro benzene ring substituents is 1. The van der Waals surface area contributed by atoms with Crippen LogP contribution in [0.5, 0.6) is 5.75 Å². The maximum atomic E-state index is 12.4. The molecule has 0 aliphatic carbocycles. The Hall–Kier alpha value is -3.43. The molecule has 1 unspecified atom stereocenters. The second kappa shape index (κ2) is 8.97. The molecular formula is C22H18ClN3O5S. The lowest BCUT2D eigenvalue weighted by molar-refractivity contribution is -0.384. The van der Waals surface area contributed by atoms with Gasteiger partial charge < -0.3 is 19.8 Å². The summed E-state index contributed by atoms with van der Waals surface area (Å²) in [5, 5.41) is 18.1. The van der Waals surface area contributed by atoms with Crippen molar-refractivity contribution in [1.82, 2.24) is 5.32 Å². The fourth-order valence-electron chi connectivity index (χ4n) is 3.16. The number of nitrogens with zero attached hydrogens (tertiary/aromatic N) is 1. The van der Waals surface area contributed by atoms with Crippen molar-refractivity contribution in [3.05, 3.63) is 79.9 Å². The average Bonchev–Trinajstić information content (AvgIpc) is 3.37. The number of ether oxygens (including phenoxy) is 1. The molecule has 2 N–H and O–H groups in total. The number of halogens is 1. The van der Waals surface area contributed by atoms with Crippen LogP contribution in [-0.4, -0.2) is 23.4 Å². The molecule has 8 nitrogen and oxygen atoms in total. The molecule has 1 fully saturated rings. The minimum absolute atomic E-state index is 0.132. The van der Waals surface area contributed by atoms with Gasteiger partial charge in [0.25, 0.3) is 11.6 Å². The zero-order valence-corrected chi connectivity index (χ0v) is 18.6. The van der Waals surface area contributed by atoms with Gasteiger partial charge in [-0.1, -0.05) is 29.4 Å². The predicted molar refractivity (Wildman–Crippen MR) is 125 cm³/mol. The zero-order valence-electron chi connectivity index (χ0n) is 17.0. The molecule has 10 heteroatoms. The maximum Gasteiger partial charge on any atom is 0.284 e. The number of carbonyl (C=O) groups is 1. The molecule has 0 spiro atoms. The first-order valence-corrected chi connectivity index (χ1v) is 10.7. The van der Waals surface area contributed by atoms with Crippen LogP contribution in [0.15, 0.2) is 57.9 Å². The SMILES string of the molecule is COc1ccc(-c2ccc(/C=C3\SC(Nc4cc(Cl)ccc4C)NC3=O)o2)c([N+](=O)[O-])c1. The number of nitrogens with one attached hydrogen (secondary N) is 2. The number of benzene rings is 2. The number of hydrogen-bond donors (Lipinski definition) is 2. The first-order valence-electron chi connectivity index (χ1n) is 9.48. The van der Waals surface area contributed by atoms with Gasteiger partial charge in [0.1, 0.15) is 17.3 Å². The third kappa shape index (κ3) is 4.58. The van der Waals surface area contributed by atoms with Gasteiger partial charge in [0.05, 0.1) is 28.6 Å². The highest BCUT2D eigenvalue weighted by molar-refractivity contribution is 8.05. The van der Waals surface area contributed by atoms with Crippen LogP contribution in [0, 0.1) is 17.0 Å². The molecule has 1 saturated heterocycles. The molecular weight excluding hydrogens is 454 g/mol. The molecule has 1 aromatic heterocycles. The Morgan fingerprint density at radius 1 is 1.25 bits per heavy atom. The van der Waals surface area contributed by atoms with Crippen molar-refractivity contribution in [1.29, 1.82) is 0 Å². The van der Waals surface area contributed by atoms with Gasteiger partial charge in [-0.15, -0.1) is 0 Å². The Morgan fingerprint density at radius 2 is 2.06 bits per heavy atom. The van der Waals surface area contributed by atoms with Crippen LogP contribution in [0.4, 0.5) is 11.4 Å². The third-order valence-corrected chi connectivity index (χ3v) is 6.05. The molecule has 2 heterocycles. The number of nitro groups is 1. The summed E-state index contributed by atoms with van der Waals surface area (Å²) >= 11 is 7.36. The van der Waals surface area contributed by atoms with E-state index in [4.69, 9.17) is 20.8 Å². The number of rotatable bonds is 6. The van der Waals surface area contributed by atoms with Crippen molar-refractivity contribution in [2.75, 3.05) is 12.4 Å². The van der Waals surface area contributed by atoms with Gasteiger partial charge in [-0.25, -0.2) is 0 Å². The molecule has 1 atom stereocenters. The van der Waals surface area contributed by atoms with Gasteiger partial charge in [0.15, 0.2) is 5.50 Å². The number of carbonyl (C=O) groups excluding carboxylic acids is 1. The number of amides is 1. The molecule has 3 aromatic rings. The van der Waals surface area contributed by atoms with Crippen LogP contribution >= 0.6 is 23.4 Å². The molecule has 164 valence electrons. The lowest BCUT2D eigenvalue weighted by Crippen LogP contribution is -2.31. The number of aryl methyl sites for hydroxylation is 1. The van der Waals surface area contributed by atoms with E-state index in [-0.39, 0.29) is 17.1 Å². The molecule has 4 rings (SSSR count). The molecule has 2 aromatic carbocycles. The lowest BCUT2D eigenvalue weighted by Gasteiger charge is -2.15. The highest BCUT2D eigenvalue weighted by Gasteiger charge is 2.28.